The number of rotatable bonds is 6. The lowest BCUT2D eigenvalue weighted by Crippen LogP contribution is -2.32. The molecule has 1 fully saturated rings. The summed E-state index contributed by atoms with van der Waals surface area (Å²) in [6, 6.07) is 11.3. The van der Waals surface area contributed by atoms with Crippen LogP contribution in [0.5, 0.6) is 0 Å². The van der Waals surface area contributed by atoms with Gasteiger partial charge < -0.3 is 9.64 Å². The lowest BCUT2D eigenvalue weighted by molar-refractivity contribution is -0.133. The summed E-state index contributed by atoms with van der Waals surface area (Å²) in [6.07, 6.45) is 1.89. The van der Waals surface area contributed by atoms with E-state index in [-0.39, 0.29) is 28.7 Å². The van der Waals surface area contributed by atoms with Gasteiger partial charge >= 0.3 is 5.97 Å². The van der Waals surface area contributed by atoms with Crippen LogP contribution in [0, 0.1) is 13.8 Å². The molecule has 1 aliphatic rings. The number of nitrogens with one attached hydrogen (secondary N) is 1. The van der Waals surface area contributed by atoms with E-state index in [2.05, 4.69) is 4.72 Å². The highest BCUT2D eigenvalue weighted by Gasteiger charge is 2.23. The molecule has 3 rings (SSSR count). The van der Waals surface area contributed by atoms with Gasteiger partial charge in [0.05, 0.1) is 16.1 Å². The maximum absolute atomic E-state index is 12.9. The average molecular weight is 416 g/mol. The number of para-hydroxylation sites is 1. The topological polar surface area (TPSA) is 92.8 Å². The van der Waals surface area contributed by atoms with E-state index in [4.69, 9.17) is 4.74 Å². The minimum Gasteiger partial charge on any atom is -0.452 e. The largest absolute Gasteiger partial charge is 0.452 e. The first-order chi connectivity index (χ1) is 13.8. The van der Waals surface area contributed by atoms with Crippen molar-refractivity contribution in [3.8, 4) is 0 Å². The molecule has 1 amide bonds. The van der Waals surface area contributed by atoms with Crippen molar-refractivity contribution >= 4 is 27.6 Å². The molecule has 0 spiro atoms. The van der Waals surface area contributed by atoms with Crippen LogP contribution in [0.15, 0.2) is 47.4 Å². The Morgan fingerprint density at radius 3 is 2.48 bits per heavy atom. The zero-order valence-corrected chi connectivity index (χ0v) is 17.3. The fourth-order valence-electron chi connectivity index (χ4n) is 3.21. The molecule has 1 heterocycles. The molecule has 0 aromatic heterocycles. The smallest absolute Gasteiger partial charge is 0.340 e. The summed E-state index contributed by atoms with van der Waals surface area (Å²) in [5.41, 5.74) is 1.56. The van der Waals surface area contributed by atoms with Gasteiger partial charge in [0.1, 0.15) is 0 Å². The second kappa shape index (κ2) is 8.65. The van der Waals surface area contributed by atoms with Gasteiger partial charge in [-0.3, -0.25) is 9.52 Å². The minimum atomic E-state index is -3.90. The van der Waals surface area contributed by atoms with E-state index >= 15 is 0 Å². The first kappa shape index (κ1) is 20.9. The molecule has 1 saturated heterocycles. The zero-order chi connectivity index (χ0) is 21.0. The second-order valence-electron chi connectivity index (χ2n) is 7.08. The minimum absolute atomic E-state index is 0.0515. The Balaban J connectivity index is 1.77. The Bertz CT molecular complexity index is 1030. The Labute approximate surface area is 170 Å². The third-order valence-corrected chi connectivity index (χ3v) is 6.32. The van der Waals surface area contributed by atoms with E-state index in [9.17, 15) is 18.0 Å². The van der Waals surface area contributed by atoms with Crippen molar-refractivity contribution in [1.29, 1.82) is 0 Å². The number of sulfonamides is 1. The summed E-state index contributed by atoms with van der Waals surface area (Å²) in [6.45, 7) is 4.49. The van der Waals surface area contributed by atoms with E-state index in [0.717, 1.165) is 18.4 Å². The zero-order valence-electron chi connectivity index (χ0n) is 16.5. The number of amides is 1. The van der Waals surface area contributed by atoms with Crippen LogP contribution in [0.25, 0.3) is 0 Å². The summed E-state index contributed by atoms with van der Waals surface area (Å²) >= 11 is 0. The third kappa shape index (κ3) is 4.95. The van der Waals surface area contributed by atoms with Gasteiger partial charge in [-0.2, -0.15) is 0 Å². The van der Waals surface area contributed by atoms with E-state index in [1.54, 1.807) is 43.0 Å². The van der Waals surface area contributed by atoms with Gasteiger partial charge in [-0.25, -0.2) is 13.2 Å². The van der Waals surface area contributed by atoms with E-state index in [0.29, 0.717) is 18.7 Å². The normalized spacial score (nSPS) is 13.9. The number of esters is 1. The molecule has 0 atom stereocenters. The quantitative estimate of drug-likeness (QED) is 0.731. The van der Waals surface area contributed by atoms with E-state index in [1.807, 2.05) is 6.07 Å². The van der Waals surface area contributed by atoms with Crippen LogP contribution < -0.4 is 4.72 Å². The number of anilines is 1. The SMILES string of the molecule is Cc1ccc(C)c(S(=O)(=O)Nc2ccccc2C(=O)OCC(=O)N2CCCC2)c1. The lowest BCUT2D eigenvalue weighted by Gasteiger charge is -2.16. The highest BCUT2D eigenvalue weighted by atomic mass is 32.2. The molecule has 0 saturated carbocycles. The van der Waals surface area contributed by atoms with E-state index < -0.39 is 16.0 Å². The van der Waals surface area contributed by atoms with Crippen LogP contribution >= 0.6 is 0 Å². The van der Waals surface area contributed by atoms with Gasteiger partial charge in [0.15, 0.2) is 6.61 Å². The number of nitrogens with zero attached hydrogens (tertiary/aromatic N) is 1. The van der Waals surface area contributed by atoms with Crippen molar-refractivity contribution in [3.05, 3.63) is 59.2 Å². The van der Waals surface area contributed by atoms with Crippen LogP contribution in [0.4, 0.5) is 5.69 Å². The number of likely N-dealkylation sites (tertiary alicyclic amines) is 1. The van der Waals surface area contributed by atoms with Gasteiger partial charge in [0, 0.05) is 13.1 Å². The molecular weight excluding hydrogens is 392 g/mol. The van der Waals surface area contributed by atoms with Crippen LogP contribution in [-0.4, -0.2) is 44.9 Å². The molecule has 0 radical (unpaired) electrons. The van der Waals surface area contributed by atoms with Crippen molar-refractivity contribution in [2.75, 3.05) is 24.4 Å². The third-order valence-electron chi connectivity index (χ3n) is 4.81. The van der Waals surface area contributed by atoms with Crippen LogP contribution in [0.3, 0.4) is 0 Å². The monoisotopic (exact) mass is 416 g/mol. The fourth-order valence-corrected chi connectivity index (χ4v) is 4.62. The first-order valence-corrected chi connectivity index (χ1v) is 10.9. The number of hydrogen-bond acceptors (Lipinski definition) is 5. The lowest BCUT2D eigenvalue weighted by atomic mass is 10.2. The molecule has 0 unspecified atom stereocenters. The summed E-state index contributed by atoms with van der Waals surface area (Å²) in [5, 5.41) is 0. The molecule has 1 N–H and O–H groups in total. The fraction of sp³-hybridized carbons (Fsp3) is 0.333. The number of benzene rings is 2. The van der Waals surface area contributed by atoms with Gasteiger partial charge in [-0.1, -0.05) is 24.3 Å². The molecule has 2 aromatic carbocycles. The van der Waals surface area contributed by atoms with E-state index in [1.165, 1.54) is 12.1 Å². The molecule has 8 heteroatoms. The first-order valence-electron chi connectivity index (χ1n) is 9.42. The highest BCUT2D eigenvalue weighted by Crippen LogP contribution is 2.23. The number of hydrogen-bond donors (Lipinski definition) is 1. The van der Waals surface area contributed by atoms with Gasteiger partial charge in [0.25, 0.3) is 15.9 Å². The maximum atomic E-state index is 12.9. The Morgan fingerprint density at radius 2 is 1.76 bits per heavy atom. The number of carbonyl (C=O) groups excluding carboxylic acids is 2. The van der Waals surface area contributed by atoms with Crippen LogP contribution in [-0.2, 0) is 19.6 Å². The molecule has 7 nitrogen and oxygen atoms in total. The number of carbonyl (C=O) groups is 2. The van der Waals surface area contributed by atoms with Crippen LogP contribution in [0.1, 0.15) is 34.3 Å². The van der Waals surface area contributed by atoms with Crippen molar-refractivity contribution in [1.82, 2.24) is 4.90 Å². The van der Waals surface area contributed by atoms with Gasteiger partial charge in [-0.15, -0.1) is 0 Å². The van der Waals surface area contributed by atoms with Crippen molar-refractivity contribution in [3.63, 3.8) is 0 Å². The van der Waals surface area contributed by atoms with Crippen molar-refractivity contribution in [2.45, 2.75) is 31.6 Å². The molecule has 1 aliphatic heterocycles. The van der Waals surface area contributed by atoms with Crippen molar-refractivity contribution < 1.29 is 22.7 Å². The maximum Gasteiger partial charge on any atom is 0.340 e. The van der Waals surface area contributed by atoms with Gasteiger partial charge in [-0.05, 0) is 56.0 Å². The summed E-state index contributed by atoms with van der Waals surface area (Å²) in [7, 11) is -3.90. The summed E-state index contributed by atoms with van der Waals surface area (Å²) in [4.78, 5) is 26.4. The predicted octanol–water partition coefficient (Wildman–Crippen LogP) is 2.88. The molecule has 29 heavy (non-hydrogen) atoms. The summed E-state index contributed by atoms with van der Waals surface area (Å²) < 4.78 is 33.3. The Morgan fingerprint density at radius 1 is 1.07 bits per heavy atom. The molecular formula is C21H24N2O5S. The number of aryl methyl sites for hydroxylation is 2. The predicted molar refractivity (Wildman–Crippen MR) is 109 cm³/mol. The summed E-state index contributed by atoms with van der Waals surface area (Å²) in [5.74, 6) is -0.999. The Hall–Kier alpha value is -2.87. The van der Waals surface area contributed by atoms with Crippen molar-refractivity contribution in [2.24, 2.45) is 0 Å². The average Bonchev–Trinajstić information content (AvgIpc) is 3.22. The molecule has 2 aromatic rings. The molecule has 0 bridgehead atoms. The van der Waals surface area contributed by atoms with Gasteiger partial charge in [0.2, 0.25) is 0 Å². The highest BCUT2D eigenvalue weighted by molar-refractivity contribution is 7.92. The molecule has 154 valence electrons. The number of ether oxygens (including phenoxy) is 1. The standard InChI is InChI=1S/C21H24N2O5S/c1-15-9-10-16(2)19(13-15)29(26,27)22-18-8-4-3-7-17(18)21(25)28-14-20(24)23-11-5-6-12-23/h3-4,7-10,13,22H,5-6,11-12,14H2,1-2H3. The molecule has 0 aliphatic carbocycles. The van der Waals surface area contributed by atoms with Crippen LogP contribution in [0.2, 0.25) is 0 Å². The Kier molecular flexibility index (Phi) is 6.22. The second-order valence-corrected chi connectivity index (χ2v) is 8.73.